The highest BCUT2D eigenvalue weighted by atomic mass is 14.1. The van der Waals surface area contributed by atoms with E-state index in [0.717, 1.165) is 5.92 Å². The second-order valence-electron chi connectivity index (χ2n) is 7.47. The Kier molecular flexibility index (Phi) is 19.0. The molecule has 1 atom stereocenters. The van der Waals surface area contributed by atoms with E-state index in [4.69, 9.17) is 0 Å². The summed E-state index contributed by atoms with van der Waals surface area (Å²) in [4.78, 5) is 0. The molecule has 0 heterocycles. The minimum absolute atomic E-state index is 1.04. The average molecular weight is 311 g/mol. The molecule has 1 unspecified atom stereocenters. The van der Waals surface area contributed by atoms with Gasteiger partial charge in [-0.1, -0.05) is 136 Å². The lowest BCUT2D eigenvalue weighted by atomic mass is 9.90. The standard InChI is InChI=1S/C22H46/c1-4-7-10-12-13-14-16-18-21-22(19-9-6-3)20-17-15-11-8-5-2/h22H,4-21H2,1-3H3. The molecule has 0 aromatic heterocycles. The highest BCUT2D eigenvalue weighted by Crippen LogP contribution is 2.23. The molecule has 0 nitrogen and oxygen atoms in total. The summed E-state index contributed by atoms with van der Waals surface area (Å²) in [5.41, 5.74) is 0. The van der Waals surface area contributed by atoms with Gasteiger partial charge in [0.25, 0.3) is 0 Å². The fraction of sp³-hybridized carbons (Fsp3) is 1.00. The number of unbranched alkanes of at least 4 members (excludes halogenated alkanes) is 12. The molecule has 0 N–H and O–H groups in total. The lowest BCUT2D eigenvalue weighted by Gasteiger charge is -2.16. The Bertz CT molecular complexity index is 184. The number of hydrogen-bond donors (Lipinski definition) is 0. The molecule has 0 bridgehead atoms. The first kappa shape index (κ1) is 22.0. The SMILES string of the molecule is CCCCCCCCCCC(CCCC)CCCCCCC. The summed E-state index contributed by atoms with van der Waals surface area (Å²) >= 11 is 0. The Hall–Kier alpha value is 0. The molecule has 134 valence electrons. The lowest BCUT2D eigenvalue weighted by Crippen LogP contribution is -2.01. The molecule has 0 saturated heterocycles. The molecule has 0 saturated carbocycles. The van der Waals surface area contributed by atoms with Gasteiger partial charge in [0.1, 0.15) is 0 Å². The average Bonchev–Trinajstić information content (AvgIpc) is 2.54. The van der Waals surface area contributed by atoms with Crippen LogP contribution in [0.25, 0.3) is 0 Å². The fourth-order valence-electron chi connectivity index (χ4n) is 3.53. The van der Waals surface area contributed by atoms with Gasteiger partial charge in [-0.05, 0) is 5.92 Å². The molecule has 22 heavy (non-hydrogen) atoms. The van der Waals surface area contributed by atoms with E-state index >= 15 is 0 Å². The maximum atomic E-state index is 2.34. The van der Waals surface area contributed by atoms with Gasteiger partial charge in [0.15, 0.2) is 0 Å². The second-order valence-corrected chi connectivity index (χ2v) is 7.47. The van der Waals surface area contributed by atoms with Gasteiger partial charge in [-0.25, -0.2) is 0 Å². The van der Waals surface area contributed by atoms with Crippen molar-refractivity contribution in [1.82, 2.24) is 0 Å². The largest absolute Gasteiger partial charge is 0.0654 e. The van der Waals surface area contributed by atoms with Crippen molar-refractivity contribution in [1.29, 1.82) is 0 Å². The summed E-state index contributed by atoms with van der Waals surface area (Å²) in [5.74, 6) is 1.04. The smallest absolute Gasteiger partial charge is 0.0414 e. The van der Waals surface area contributed by atoms with Gasteiger partial charge < -0.3 is 0 Å². The van der Waals surface area contributed by atoms with Crippen LogP contribution >= 0.6 is 0 Å². The zero-order valence-corrected chi connectivity index (χ0v) is 16.3. The van der Waals surface area contributed by atoms with Crippen LogP contribution in [0.5, 0.6) is 0 Å². The maximum absolute atomic E-state index is 2.34. The Labute approximate surface area is 142 Å². The van der Waals surface area contributed by atoms with Crippen molar-refractivity contribution < 1.29 is 0 Å². The third kappa shape index (κ3) is 16.4. The van der Waals surface area contributed by atoms with Crippen molar-refractivity contribution in [3.8, 4) is 0 Å². The van der Waals surface area contributed by atoms with Gasteiger partial charge in [-0.2, -0.15) is 0 Å². The zero-order chi connectivity index (χ0) is 16.3. The van der Waals surface area contributed by atoms with Crippen LogP contribution in [0.2, 0.25) is 0 Å². The molecule has 0 aliphatic heterocycles. The van der Waals surface area contributed by atoms with E-state index in [0.29, 0.717) is 0 Å². The molecule has 0 amide bonds. The number of hydrogen-bond acceptors (Lipinski definition) is 0. The van der Waals surface area contributed by atoms with Crippen molar-refractivity contribution in [2.75, 3.05) is 0 Å². The van der Waals surface area contributed by atoms with Crippen LogP contribution in [-0.4, -0.2) is 0 Å². The van der Waals surface area contributed by atoms with Crippen molar-refractivity contribution >= 4 is 0 Å². The van der Waals surface area contributed by atoms with Gasteiger partial charge >= 0.3 is 0 Å². The third-order valence-electron chi connectivity index (χ3n) is 5.15. The fourth-order valence-corrected chi connectivity index (χ4v) is 3.53. The van der Waals surface area contributed by atoms with E-state index in [1.54, 1.807) is 0 Å². The molecule has 0 fully saturated rings. The van der Waals surface area contributed by atoms with Crippen molar-refractivity contribution in [2.45, 2.75) is 136 Å². The second kappa shape index (κ2) is 19.0. The first-order valence-electron chi connectivity index (χ1n) is 10.8. The third-order valence-corrected chi connectivity index (χ3v) is 5.15. The van der Waals surface area contributed by atoms with E-state index < -0.39 is 0 Å². The molecule has 0 heteroatoms. The van der Waals surface area contributed by atoms with Crippen molar-refractivity contribution in [3.05, 3.63) is 0 Å². The summed E-state index contributed by atoms with van der Waals surface area (Å²) in [5, 5.41) is 0. The summed E-state index contributed by atoms with van der Waals surface area (Å²) in [6.07, 6.45) is 26.3. The van der Waals surface area contributed by atoms with Gasteiger partial charge in [0.2, 0.25) is 0 Å². The minimum Gasteiger partial charge on any atom is -0.0654 e. The van der Waals surface area contributed by atoms with E-state index in [2.05, 4.69) is 20.8 Å². The lowest BCUT2D eigenvalue weighted by molar-refractivity contribution is 0.371. The zero-order valence-electron chi connectivity index (χ0n) is 16.3. The first-order chi connectivity index (χ1) is 10.8. The quantitative estimate of drug-likeness (QED) is 0.222. The summed E-state index contributed by atoms with van der Waals surface area (Å²) in [6, 6.07) is 0. The van der Waals surface area contributed by atoms with Crippen LogP contribution < -0.4 is 0 Å². The maximum Gasteiger partial charge on any atom is -0.0414 e. The molecule has 0 aromatic rings. The monoisotopic (exact) mass is 310 g/mol. The van der Waals surface area contributed by atoms with Crippen LogP contribution in [-0.2, 0) is 0 Å². The topological polar surface area (TPSA) is 0 Å². The predicted molar refractivity (Wildman–Crippen MR) is 104 cm³/mol. The normalized spacial score (nSPS) is 12.7. The van der Waals surface area contributed by atoms with Crippen LogP contribution in [0.15, 0.2) is 0 Å². The Morgan fingerprint density at radius 1 is 0.364 bits per heavy atom. The predicted octanol–water partition coefficient (Wildman–Crippen LogP) is 8.68. The van der Waals surface area contributed by atoms with Crippen LogP contribution in [0.1, 0.15) is 136 Å². The highest BCUT2D eigenvalue weighted by molar-refractivity contribution is 4.61. The van der Waals surface area contributed by atoms with Gasteiger partial charge in [-0.15, -0.1) is 0 Å². The van der Waals surface area contributed by atoms with E-state index in [1.807, 2.05) is 0 Å². The molecule has 0 aliphatic rings. The summed E-state index contributed by atoms with van der Waals surface area (Å²) < 4.78 is 0. The van der Waals surface area contributed by atoms with Gasteiger partial charge in [0.05, 0.1) is 0 Å². The Morgan fingerprint density at radius 2 is 0.682 bits per heavy atom. The molecule has 0 rings (SSSR count). The number of rotatable bonds is 18. The van der Waals surface area contributed by atoms with Crippen LogP contribution in [0.4, 0.5) is 0 Å². The molecule has 0 aliphatic carbocycles. The highest BCUT2D eigenvalue weighted by Gasteiger charge is 2.08. The van der Waals surface area contributed by atoms with Gasteiger partial charge in [-0.3, -0.25) is 0 Å². The van der Waals surface area contributed by atoms with Gasteiger partial charge in [0, 0.05) is 0 Å². The van der Waals surface area contributed by atoms with E-state index in [9.17, 15) is 0 Å². The van der Waals surface area contributed by atoms with Crippen molar-refractivity contribution in [3.63, 3.8) is 0 Å². The Balaban J connectivity index is 3.53. The van der Waals surface area contributed by atoms with Crippen molar-refractivity contribution in [2.24, 2.45) is 5.92 Å². The van der Waals surface area contributed by atoms with Crippen LogP contribution in [0.3, 0.4) is 0 Å². The Morgan fingerprint density at radius 3 is 1.09 bits per heavy atom. The van der Waals surface area contributed by atoms with Crippen LogP contribution in [0, 0.1) is 5.92 Å². The minimum atomic E-state index is 1.04. The molecule has 0 radical (unpaired) electrons. The molecule has 0 aromatic carbocycles. The van der Waals surface area contributed by atoms with E-state index in [-0.39, 0.29) is 0 Å². The molecular weight excluding hydrogens is 264 g/mol. The van der Waals surface area contributed by atoms with E-state index in [1.165, 1.54) is 116 Å². The summed E-state index contributed by atoms with van der Waals surface area (Å²) in [6.45, 7) is 6.96. The first-order valence-corrected chi connectivity index (χ1v) is 10.8. The molecular formula is C22H46. The molecule has 0 spiro atoms. The summed E-state index contributed by atoms with van der Waals surface area (Å²) in [7, 11) is 0.